The fraction of sp³-hybridized carbons (Fsp3) is 0.407. The maximum absolute atomic E-state index is 13.5. The van der Waals surface area contributed by atoms with Crippen LogP contribution in [-0.4, -0.2) is 49.3 Å². The lowest BCUT2D eigenvalue weighted by Crippen LogP contribution is -2.31. The van der Waals surface area contributed by atoms with Crippen molar-refractivity contribution in [3.63, 3.8) is 0 Å². The molecule has 3 heterocycles. The number of ether oxygens (including phenoxy) is 2. The number of hydrogen-bond acceptors (Lipinski definition) is 5. The number of hydrogen-bond donors (Lipinski definition) is 0. The summed E-state index contributed by atoms with van der Waals surface area (Å²) < 4.78 is 11.0. The van der Waals surface area contributed by atoms with Gasteiger partial charge in [0.1, 0.15) is 5.82 Å². The second kappa shape index (κ2) is 9.30. The van der Waals surface area contributed by atoms with Gasteiger partial charge < -0.3 is 19.3 Å². The highest BCUT2D eigenvalue weighted by Crippen LogP contribution is 2.37. The van der Waals surface area contributed by atoms with Crippen molar-refractivity contribution in [3.05, 3.63) is 48.0 Å². The van der Waals surface area contributed by atoms with E-state index in [0.717, 1.165) is 77.4 Å². The number of amides is 1. The maximum Gasteiger partial charge on any atom is 0.254 e. The Kier molecular flexibility index (Phi) is 6.07. The fourth-order valence-electron chi connectivity index (χ4n) is 4.63. The number of unbranched alkanes of at least 4 members (excludes halogenated alkanes) is 1. The third-order valence-electron chi connectivity index (χ3n) is 6.61. The van der Waals surface area contributed by atoms with E-state index in [0.29, 0.717) is 0 Å². The van der Waals surface area contributed by atoms with Crippen molar-refractivity contribution in [2.75, 3.05) is 38.4 Å². The van der Waals surface area contributed by atoms with Crippen LogP contribution in [0.1, 0.15) is 49.4 Å². The van der Waals surface area contributed by atoms with Crippen LogP contribution in [0, 0.1) is 0 Å². The number of anilines is 1. The molecule has 2 aliphatic heterocycles. The molecule has 172 valence electrons. The molecule has 0 bridgehead atoms. The predicted molar refractivity (Wildman–Crippen MR) is 131 cm³/mol. The van der Waals surface area contributed by atoms with Crippen LogP contribution in [0.25, 0.3) is 22.0 Å². The maximum atomic E-state index is 13.5. The fourth-order valence-corrected chi connectivity index (χ4v) is 4.63. The van der Waals surface area contributed by atoms with Gasteiger partial charge >= 0.3 is 0 Å². The van der Waals surface area contributed by atoms with Crippen molar-refractivity contribution in [1.82, 2.24) is 9.88 Å². The van der Waals surface area contributed by atoms with Crippen LogP contribution >= 0.6 is 0 Å². The van der Waals surface area contributed by atoms with Crippen LogP contribution < -0.4 is 14.4 Å². The van der Waals surface area contributed by atoms with E-state index in [1.54, 1.807) is 0 Å². The van der Waals surface area contributed by atoms with Crippen molar-refractivity contribution in [3.8, 4) is 22.6 Å². The monoisotopic (exact) mass is 445 g/mol. The Hall–Kier alpha value is -3.28. The number of carbonyl (C=O) groups excluding carboxylic acids is 1. The number of piperidine rings is 1. The first-order chi connectivity index (χ1) is 16.1. The molecule has 0 aliphatic carbocycles. The summed E-state index contributed by atoms with van der Waals surface area (Å²) in [5.74, 6) is 2.48. The Bertz CT molecular complexity index is 1170. The van der Waals surface area contributed by atoms with E-state index >= 15 is 0 Å². The largest absolute Gasteiger partial charge is 0.454 e. The summed E-state index contributed by atoms with van der Waals surface area (Å²) in [5, 5.41) is 0.888. The van der Waals surface area contributed by atoms with Crippen LogP contribution in [0.3, 0.4) is 0 Å². The first-order valence-electron chi connectivity index (χ1n) is 12.0. The molecule has 0 atom stereocenters. The van der Waals surface area contributed by atoms with Gasteiger partial charge in [-0.15, -0.1) is 0 Å². The van der Waals surface area contributed by atoms with Gasteiger partial charge in [-0.1, -0.05) is 25.5 Å². The van der Waals surface area contributed by atoms with Gasteiger partial charge in [-0.3, -0.25) is 4.79 Å². The summed E-state index contributed by atoms with van der Waals surface area (Å²) in [7, 11) is 1.90. The molecular formula is C27H31N3O3. The zero-order chi connectivity index (χ0) is 22.8. The minimum atomic E-state index is 0.0527. The molecule has 1 saturated heterocycles. The average molecular weight is 446 g/mol. The van der Waals surface area contributed by atoms with Gasteiger partial charge in [0.2, 0.25) is 6.79 Å². The molecule has 0 saturated carbocycles. The molecule has 0 N–H and O–H groups in total. The highest BCUT2D eigenvalue weighted by Gasteiger charge is 2.21. The summed E-state index contributed by atoms with van der Waals surface area (Å²) >= 11 is 0. The van der Waals surface area contributed by atoms with E-state index in [4.69, 9.17) is 14.5 Å². The molecule has 0 spiro atoms. The van der Waals surface area contributed by atoms with E-state index in [2.05, 4.69) is 24.0 Å². The normalized spacial score (nSPS) is 15.2. The molecule has 2 aliphatic rings. The SMILES string of the molecule is CCCCN(C)C(=O)c1cc(N2CCCCC2)nc2ccc(-c3ccc4c(c3)OCO4)cc12. The minimum Gasteiger partial charge on any atom is -0.454 e. The average Bonchev–Trinajstić information content (AvgIpc) is 3.34. The molecule has 0 unspecified atom stereocenters. The van der Waals surface area contributed by atoms with Gasteiger partial charge in [0.25, 0.3) is 5.91 Å². The number of benzene rings is 2. The Labute approximate surface area is 195 Å². The molecular weight excluding hydrogens is 414 g/mol. The van der Waals surface area contributed by atoms with Gasteiger partial charge in [0.15, 0.2) is 11.5 Å². The number of rotatable bonds is 6. The van der Waals surface area contributed by atoms with Crippen molar-refractivity contribution in [2.24, 2.45) is 0 Å². The lowest BCUT2D eigenvalue weighted by Gasteiger charge is -2.29. The predicted octanol–water partition coefficient (Wildman–Crippen LogP) is 5.49. The van der Waals surface area contributed by atoms with Crippen molar-refractivity contribution in [1.29, 1.82) is 0 Å². The first kappa shape index (κ1) is 21.6. The summed E-state index contributed by atoms with van der Waals surface area (Å²) in [5.41, 5.74) is 3.63. The Balaban J connectivity index is 1.59. The number of carbonyl (C=O) groups is 1. The Morgan fingerprint density at radius 3 is 2.58 bits per heavy atom. The summed E-state index contributed by atoms with van der Waals surface area (Å²) in [6.45, 7) is 5.13. The van der Waals surface area contributed by atoms with Crippen molar-refractivity contribution >= 4 is 22.6 Å². The smallest absolute Gasteiger partial charge is 0.254 e. The van der Waals surface area contributed by atoms with E-state index in [1.807, 2.05) is 42.3 Å². The topological polar surface area (TPSA) is 54.9 Å². The molecule has 5 rings (SSSR count). The standard InChI is InChI=1S/C27H31N3O3/c1-3-4-12-29(2)27(31)22-17-26(30-13-6-5-7-14-30)28-23-10-8-19(15-21(22)23)20-9-11-24-25(16-20)33-18-32-24/h8-11,15-17H,3-7,12-14,18H2,1-2H3. The molecule has 1 fully saturated rings. The van der Waals surface area contributed by atoms with Crippen LogP contribution in [-0.2, 0) is 0 Å². The highest BCUT2D eigenvalue weighted by atomic mass is 16.7. The lowest BCUT2D eigenvalue weighted by molar-refractivity contribution is 0.0795. The van der Waals surface area contributed by atoms with Gasteiger partial charge in [-0.2, -0.15) is 0 Å². The molecule has 6 nitrogen and oxygen atoms in total. The number of aromatic nitrogens is 1. The third kappa shape index (κ3) is 4.34. The van der Waals surface area contributed by atoms with E-state index in [-0.39, 0.29) is 12.7 Å². The third-order valence-corrected chi connectivity index (χ3v) is 6.61. The van der Waals surface area contributed by atoms with Crippen LogP contribution in [0.15, 0.2) is 42.5 Å². The molecule has 3 aromatic rings. The molecule has 1 aromatic heterocycles. The van der Waals surface area contributed by atoms with Crippen LogP contribution in [0.5, 0.6) is 11.5 Å². The van der Waals surface area contributed by atoms with Gasteiger partial charge in [-0.05, 0) is 67.1 Å². The van der Waals surface area contributed by atoms with Gasteiger partial charge in [0.05, 0.1) is 11.1 Å². The second-order valence-corrected chi connectivity index (χ2v) is 8.96. The summed E-state index contributed by atoms with van der Waals surface area (Å²) in [6, 6.07) is 14.1. The lowest BCUT2D eigenvalue weighted by atomic mass is 9.99. The van der Waals surface area contributed by atoms with E-state index in [1.165, 1.54) is 19.3 Å². The highest BCUT2D eigenvalue weighted by molar-refractivity contribution is 6.08. The zero-order valence-electron chi connectivity index (χ0n) is 19.5. The van der Waals surface area contributed by atoms with Crippen molar-refractivity contribution < 1.29 is 14.3 Å². The Morgan fingerprint density at radius 1 is 1.00 bits per heavy atom. The second-order valence-electron chi connectivity index (χ2n) is 8.96. The number of pyridine rings is 1. The van der Waals surface area contributed by atoms with Crippen LogP contribution in [0.4, 0.5) is 5.82 Å². The molecule has 33 heavy (non-hydrogen) atoms. The minimum absolute atomic E-state index is 0.0527. The zero-order valence-corrected chi connectivity index (χ0v) is 19.5. The quantitative estimate of drug-likeness (QED) is 0.502. The number of nitrogens with zero attached hydrogens (tertiary/aromatic N) is 3. The number of fused-ring (bicyclic) bond motifs is 2. The van der Waals surface area contributed by atoms with E-state index in [9.17, 15) is 4.79 Å². The summed E-state index contributed by atoms with van der Waals surface area (Å²) in [6.07, 6.45) is 5.65. The van der Waals surface area contributed by atoms with Gasteiger partial charge in [-0.25, -0.2) is 4.98 Å². The van der Waals surface area contributed by atoms with Gasteiger partial charge in [0, 0.05) is 32.1 Å². The molecule has 1 amide bonds. The Morgan fingerprint density at radius 2 is 1.76 bits per heavy atom. The molecule has 6 heteroatoms. The summed E-state index contributed by atoms with van der Waals surface area (Å²) in [4.78, 5) is 22.7. The molecule has 2 aromatic carbocycles. The van der Waals surface area contributed by atoms with E-state index < -0.39 is 0 Å². The van der Waals surface area contributed by atoms with Crippen molar-refractivity contribution in [2.45, 2.75) is 39.0 Å². The van der Waals surface area contributed by atoms with Crippen LogP contribution in [0.2, 0.25) is 0 Å². The molecule has 0 radical (unpaired) electrons. The first-order valence-corrected chi connectivity index (χ1v) is 12.0.